The number of benzene rings is 2. The van der Waals surface area contributed by atoms with E-state index in [1.165, 1.54) is 5.56 Å². The van der Waals surface area contributed by atoms with Gasteiger partial charge in [0.25, 0.3) is 0 Å². The Morgan fingerprint density at radius 2 is 1.81 bits per heavy atom. The maximum absolute atomic E-state index is 12.1. The molecule has 2 aromatic carbocycles. The second-order valence-corrected chi connectivity index (χ2v) is 6.99. The molecule has 2 atom stereocenters. The van der Waals surface area contributed by atoms with E-state index in [4.69, 9.17) is 18.7 Å². The lowest BCUT2D eigenvalue weighted by Gasteiger charge is -2.11. The van der Waals surface area contributed by atoms with Gasteiger partial charge in [-0.25, -0.2) is 9.10 Å². The van der Waals surface area contributed by atoms with Crippen LogP contribution in [0.4, 0.5) is 0 Å². The van der Waals surface area contributed by atoms with E-state index in [2.05, 4.69) is 13.8 Å². The van der Waals surface area contributed by atoms with Crippen molar-refractivity contribution in [3.05, 3.63) is 59.7 Å². The molecule has 142 valence electrons. The Kier molecular flexibility index (Phi) is 8.77. The first-order valence-electron chi connectivity index (χ1n) is 8.67. The molecule has 2 unspecified atom stereocenters. The minimum Gasteiger partial charge on any atom is -0.467 e. The van der Waals surface area contributed by atoms with Crippen molar-refractivity contribution in [1.82, 2.24) is 0 Å². The summed E-state index contributed by atoms with van der Waals surface area (Å²) in [6, 6.07) is 15.2. The predicted molar refractivity (Wildman–Crippen MR) is 101 cm³/mol. The van der Waals surface area contributed by atoms with E-state index < -0.39 is 11.1 Å². The smallest absolute Gasteiger partial charge is 0.220 e. The van der Waals surface area contributed by atoms with E-state index in [0.717, 1.165) is 17.7 Å². The van der Waals surface area contributed by atoms with Gasteiger partial charge in [0.15, 0.2) is 6.79 Å². The molecule has 6 heteroatoms. The molecule has 0 heterocycles. The Balaban J connectivity index is 1.80. The van der Waals surface area contributed by atoms with Gasteiger partial charge in [0.1, 0.15) is 5.75 Å². The average Bonchev–Trinajstić information content (AvgIpc) is 2.69. The minimum atomic E-state index is -1.65. The lowest BCUT2D eigenvalue weighted by molar-refractivity contribution is -0.195. The molecule has 0 amide bonds. The molecule has 0 N–H and O–H groups in total. The van der Waals surface area contributed by atoms with E-state index in [1.54, 1.807) is 7.11 Å². The molecule has 0 saturated heterocycles. The highest BCUT2D eigenvalue weighted by Gasteiger charge is 2.09. The van der Waals surface area contributed by atoms with Crippen LogP contribution in [0.3, 0.4) is 0 Å². The van der Waals surface area contributed by atoms with E-state index in [9.17, 15) is 4.21 Å². The van der Waals surface area contributed by atoms with Crippen molar-refractivity contribution in [2.24, 2.45) is 0 Å². The molecule has 26 heavy (non-hydrogen) atoms. The van der Waals surface area contributed by atoms with Gasteiger partial charge in [-0.3, -0.25) is 0 Å². The largest absolute Gasteiger partial charge is 0.467 e. The van der Waals surface area contributed by atoms with Gasteiger partial charge in [-0.1, -0.05) is 44.2 Å². The molecule has 0 aliphatic rings. The minimum absolute atomic E-state index is 0.186. The summed E-state index contributed by atoms with van der Waals surface area (Å²) in [7, 11) is 1.57. The van der Waals surface area contributed by atoms with Crippen molar-refractivity contribution in [2.75, 3.05) is 20.5 Å². The molecule has 0 radical (unpaired) electrons. The van der Waals surface area contributed by atoms with Gasteiger partial charge < -0.3 is 9.47 Å². The van der Waals surface area contributed by atoms with Crippen molar-refractivity contribution < 1.29 is 22.9 Å². The SMILES string of the molecule is CCC(C)c1ccc(S(=O)OOCCc2ccccc2OCOC)cc1. The van der Waals surface area contributed by atoms with Crippen LogP contribution >= 0.6 is 0 Å². The first kappa shape index (κ1) is 20.6. The summed E-state index contributed by atoms with van der Waals surface area (Å²) in [5, 5.41) is 0. The lowest BCUT2D eigenvalue weighted by Crippen LogP contribution is -2.06. The number of methoxy groups -OCH3 is 1. The van der Waals surface area contributed by atoms with Crippen LogP contribution in [0.2, 0.25) is 0 Å². The summed E-state index contributed by atoms with van der Waals surface area (Å²) in [5.41, 5.74) is 2.19. The predicted octanol–water partition coefficient (Wildman–Crippen LogP) is 4.40. The Hall–Kier alpha value is -1.73. The third-order valence-corrected chi connectivity index (χ3v) is 5.00. The van der Waals surface area contributed by atoms with Gasteiger partial charge in [-0.05, 0) is 41.7 Å². The lowest BCUT2D eigenvalue weighted by atomic mass is 9.99. The van der Waals surface area contributed by atoms with Crippen molar-refractivity contribution in [3.8, 4) is 5.75 Å². The molecule has 2 aromatic rings. The number of rotatable bonds is 11. The number of para-hydroxylation sites is 1. The van der Waals surface area contributed by atoms with Gasteiger partial charge in [0, 0.05) is 13.5 Å². The fourth-order valence-corrected chi connectivity index (χ4v) is 2.98. The number of hydrogen-bond donors (Lipinski definition) is 0. The quantitative estimate of drug-likeness (QED) is 0.251. The summed E-state index contributed by atoms with van der Waals surface area (Å²) >= 11 is -1.65. The van der Waals surface area contributed by atoms with Gasteiger partial charge in [0.05, 0.1) is 11.5 Å². The van der Waals surface area contributed by atoms with Crippen LogP contribution in [0.25, 0.3) is 0 Å². The molecule has 5 nitrogen and oxygen atoms in total. The molecular weight excluding hydrogens is 352 g/mol. The van der Waals surface area contributed by atoms with Crippen molar-refractivity contribution in [1.29, 1.82) is 0 Å². The zero-order valence-electron chi connectivity index (χ0n) is 15.5. The maximum atomic E-state index is 12.1. The van der Waals surface area contributed by atoms with Crippen LogP contribution in [0.5, 0.6) is 5.75 Å². The first-order chi connectivity index (χ1) is 12.7. The van der Waals surface area contributed by atoms with Crippen LogP contribution < -0.4 is 4.74 Å². The Labute approximate surface area is 157 Å². The molecule has 0 aliphatic heterocycles. The highest BCUT2D eigenvalue weighted by Crippen LogP contribution is 2.21. The normalized spacial score (nSPS) is 13.3. The highest BCUT2D eigenvalue weighted by atomic mass is 32.2. The molecular formula is C20H26O5S. The van der Waals surface area contributed by atoms with Gasteiger partial charge in [-0.15, -0.1) is 4.33 Å². The monoisotopic (exact) mass is 378 g/mol. The first-order valence-corrected chi connectivity index (χ1v) is 9.74. The van der Waals surface area contributed by atoms with Gasteiger partial charge in [0.2, 0.25) is 11.1 Å². The zero-order valence-corrected chi connectivity index (χ0v) is 16.3. The van der Waals surface area contributed by atoms with Crippen LogP contribution in [-0.4, -0.2) is 24.7 Å². The summed E-state index contributed by atoms with van der Waals surface area (Å²) in [6.45, 7) is 4.76. The molecule has 0 spiro atoms. The zero-order chi connectivity index (χ0) is 18.8. The number of ether oxygens (including phenoxy) is 2. The second-order valence-electron chi connectivity index (χ2n) is 5.91. The van der Waals surface area contributed by atoms with E-state index >= 15 is 0 Å². The summed E-state index contributed by atoms with van der Waals surface area (Å²) in [6.07, 6.45) is 1.64. The fourth-order valence-electron chi connectivity index (χ4n) is 2.39. The van der Waals surface area contributed by atoms with Crippen molar-refractivity contribution in [3.63, 3.8) is 0 Å². The third kappa shape index (κ3) is 6.21. The van der Waals surface area contributed by atoms with E-state index in [-0.39, 0.29) is 13.4 Å². The third-order valence-electron chi connectivity index (χ3n) is 4.12. The maximum Gasteiger partial charge on any atom is 0.220 e. The van der Waals surface area contributed by atoms with Crippen LogP contribution in [0.15, 0.2) is 53.4 Å². The standard InChI is InChI=1S/C20H26O5S/c1-4-16(2)17-9-11-19(12-10-17)26(21)25-24-14-13-18-7-5-6-8-20(18)23-15-22-3/h5-12,16H,4,13-15H2,1-3H3. The topological polar surface area (TPSA) is 54.0 Å². The molecule has 0 aliphatic carbocycles. The average molecular weight is 378 g/mol. The molecule has 0 saturated carbocycles. The van der Waals surface area contributed by atoms with Crippen LogP contribution in [-0.2, 0) is 31.5 Å². The number of hydrogen-bond acceptors (Lipinski definition) is 5. The van der Waals surface area contributed by atoms with E-state index in [1.807, 2.05) is 48.5 Å². The van der Waals surface area contributed by atoms with Crippen LogP contribution in [0, 0.1) is 0 Å². The summed E-state index contributed by atoms with van der Waals surface area (Å²) in [5.74, 6) is 1.22. The Bertz CT molecular complexity index is 687. The second kappa shape index (κ2) is 11.1. The molecule has 2 rings (SSSR count). The Morgan fingerprint density at radius 3 is 2.50 bits per heavy atom. The van der Waals surface area contributed by atoms with Crippen molar-refractivity contribution in [2.45, 2.75) is 37.5 Å². The van der Waals surface area contributed by atoms with E-state index in [0.29, 0.717) is 17.2 Å². The summed E-state index contributed by atoms with van der Waals surface area (Å²) < 4.78 is 27.6. The summed E-state index contributed by atoms with van der Waals surface area (Å²) in [4.78, 5) is 5.71. The Morgan fingerprint density at radius 1 is 1.08 bits per heavy atom. The molecule has 0 fully saturated rings. The fraction of sp³-hybridized carbons (Fsp3) is 0.400. The van der Waals surface area contributed by atoms with Gasteiger partial charge >= 0.3 is 0 Å². The molecule has 0 aromatic heterocycles. The highest BCUT2D eigenvalue weighted by molar-refractivity contribution is 7.80. The van der Waals surface area contributed by atoms with Crippen LogP contribution in [0.1, 0.15) is 37.3 Å². The van der Waals surface area contributed by atoms with Gasteiger partial charge in [-0.2, -0.15) is 0 Å². The van der Waals surface area contributed by atoms with Crippen molar-refractivity contribution >= 4 is 11.1 Å². The molecule has 0 bridgehead atoms.